The molecule has 2 aromatic heterocycles. The maximum absolute atomic E-state index is 13.7. The number of carbonyl (C=O) groups is 1. The second-order valence-electron chi connectivity index (χ2n) is 8.26. The first-order valence-corrected chi connectivity index (χ1v) is 11.0. The highest BCUT2D eigenvalue weighted by Gasteiger charge is 2.33. The summed E-state index contributed by atoms with van der Waals surface area (Å²) in [5.74, 6) is 1.09. The van der Waals surface area contributed by atoms with Gasteiger partial charge >= 0.3 is 0 Å². The van der Waals surface area contributed by atoms with Crippen molar-refractivity contribution in [1.82, 2.24) is 10.1 Å². The zero-order valence-electron chi connectivity index (χ0n) is 19.7. The Hall–Kier alpha value is -3.17. The third-order valence-corrected chi connectivity index (χ3v) is 6.25. The molecule has 33 heavy (non-hydrogen) atoms. The van der Waals surface area contributed by atoms with Gasteiger partial charge in [-0.25, -0.2) is 0 Å². The van der Waals surface area contributed by atoms with Crippen LogP contribution >= 0.6 is 0 Å². The van der Waals surface area contributed by atoms with Gasteiger partial charge in [0.2, 0.25) is 5.91 Å². The van der Waals surface area contributed by atoms with Crippen LogP contribution in [0.15, 0.2) is 22.9 Å². The lowest BCUT2D eigenvalue weighted by molar-refractivity contribution is -0.127. The van der Waals surface area contributed by atoms with E-state index in [1.54, 1.807) is 25.3 Å². The van der Waals surface area contributed by atoms with Crippen molar-refractivity contribution in [2.75, 3.05) is 38.1 Å². The van der Waals surface area contributed by atoms with Crippen LogP contribution in [0.3, 0.4) is 0 Å². The number of ether oxygens (including phenoxy) is 3. The molecule has 1 aliphatic rings. The number of nitrogen functional groups attached to an aromatic ring is 1. The summed E-state index contributed by atoms with van der Waals surface area (Å²) in [6, 6.07) is 3.78. The van der Waals surface area contributed by atoms with Gasteiger partial charge in [0.15, 0.2) is 0 Å². The lowest BCUT2D eigenvalue weighted by Crippen LogP contribution is -2.45. The van der Waals surface area contributed by atoms with Gasteiger partial charge in [0.25, 0.3) is 0 Å². The number of anilines is 2. The molecular formula is C24H30N4O5. The quantitative estimate of drug-likeness (QED) is 0.559. The smallest absolute Gasteiger partial charge is 0.232 e. The fourth-order valence-corrected chi connectivity index (χ4v) is 4.44. The zero-order chi connectivity index (χ0) is 23.7. The van der Waals surface area contributed by atoms with Crippen LogP contribution in [0.4, 0.5) is 11.4 Å². The molecule has 0 spiro atoms. The first kappa shape index (κ1) is 23.0. The van der Waals surface area contributed by atoms with Crippen molar-refractivity contribution in [3.8, 4) is 16.9 Å². The molecule has 1 atom stereocenters. The largest absolute Gasteiger partial charge is 0.496 e. The Bertz CT molecular complexity index is 1150. The summed E-state index contributed by atoms with van der Waals surface area (Å²) >= 11 is 0. The summed E-state index contributed by atoms with van der Waals surface area (Å²) in [5.41, 5.74) is 10.5. The molecule has 1 amide bonds. The fourth-order valence-electron chi connectivity index (χ4n) is 4.44. The number of benzene rings is 1. The number of hydrogen-bond acceptors (Lipinski definition) is 8. The number of methoxy groups -OCH3 is 2. The summed E-state index contributed by atoms with van der Waals surface area (Å²) in [4.78, 5) is 19.9. The van der Waals surface area contributed by atoms with E-state index >= 15 is 0 Å². The summed E-state index contributed by atoms with van der Waals surface area (Å²) < 4.78 is 22.1. The number of aromatic nitrogens is 2. The molecule has 0 radical (unpaired) electrons. The standard InChI is InChI=1S/C24H30N4O5/c1-13-22(14(2)33-27-13)18-10-20-17(11-21(18)31-5)23(19(25)12-26-20)28(15(3)30-4)24(29)16-6-8-32-9-7-16/h10-12,15-16H,6-9,25H2,1-5H3/t15-/m0/s1. The monoisotopic (exact) mass is 454 g/mol. The minimum absolute atomic E-state index is 0.0411. The average Bonchev–Trinajstić information content (AvgIpc) is 3.17. The summed E-state index contributed by atoms with van der Waals surface area (Å²) in [6.07, 6.45) is 2.37. The van der Waals surface area contributed by atoms with Crippen LogP contribution in [0, 0.1) is 19.8 Å². The number of nitrogens with two attached hydrogens (primary N) is 1. The Morgan fingerprint density at radius 1 is 1.24 bits per heavy atom. The Morgan fingerprint density at radius 2 is 1.97 bits per heavy atom. The van der Waals surface area contributed by atoms with E-state index in [0.29, 0.717) is 59.8 Å². The number of rotatable bonds is 6. The first-order chi connectivity index (χ1) is 15.9. The van der Waals surface area contributed by atoms with Gasteiger partial charge in [-0.05, 0) is 45.7 Å². The zero-order valence-corrected chi connectivity index (χ0v) is 19.7. The van der Waals surface area contributed by atoms with Gasteiger partial charge < -0.3 is 24.5 Å². The van der Waals surface area contributed by atoms with Crippen LogP contribution in [-0.2, 0) is 14.3 Å². The Labute approximate surface area is 192 Å². The predicted molar refractivity (Wildman–Crippen MR) is 125 cm³/mol. The highest BCUT2D eigenvalue weighted by molar-refractivity contribution is 6.09. The van der Waals surface area contributed by atoms with Gasteiger partial charge in [-0.15, -0.1) is 0 Å². The van der Waals surface area contributed by atoms with E-state index < -0.39 is 6.23 Å². The van der Waals surface area contributed by atoms with Crippen LogP contribution in [0.1, 0.15) is 31.2 Å². The molecule has 1 aliphatic heterocycles. The fraction of sp³-hybridized carbons (Fsp3) is 0.458. The van der Waals surface area contributed by atoms with Gasteiger partial charge in [0.05, 0.1) is 41.5 Å². The van der Waals surface area contributed by atoms with Crippen molar-refractivity contribution in [2.24, 2.45) is 5.92 Å². The van der Waals surface area contributed by atoms with Gasteiger partial charge in [0, 0.05) is 37.2 Å². The molecule has 3 aromatic rings. The third-order valence-electron chi connectivity index (χ3n) is 6.25. The topological polar surface area (TPSA) is 113 Å². The first-order valence-electron chi connectivity index (χ1n) is 11.0. The van der Waals surface area contributed by atoms with Crippen molar-refractivity contribution in [2.45, 2.75) is 39.8 Å². The van der Waals surface area contributed by atoms with Gasteiger partial charge in [0.1, 0.15) is 17.7 Å². The predicted octanol–water partition coefficient (Wildman–Crippen LogP) is 3.85. The molecule has 3 heterocycles. The number of nitrogens with zero attached hydrogens (tertiary/aromatic N) is 3. The second kappa shape index (κ2) is 9.36. The van der Waals surface area contributed by atoms with Crippen LogP contribution in [0.2, 0.25) is 0 Å². The molecule has 4 rings (SSSR count). The van der Waals surface area contributed by atoms with E-state index in [1.807, 2.05) is 32.9 Å². The molecule has 0 bridgehead atoms. The highest BCUT2D eigenvalue weighted by atomic mass is 16.5. The number of aryl methyl sites for hydroxylation is 2. The molecule has 9 heteroatoms. The van der Waals surface area contributed by atoms with Crippen LogP contribution in [-0.4, -0.2) is 49.7 Å². The van der Waals surface area contributed by atoms with E-state index in [1.165, 1.54) is 0 Å². The maximum atomic E-state index is 13.7. The molecule has 0 aliphatic carbocycles. The number of amides is 1. The van der Waals surface area contributed by atoms with Crippen molar-refractivity contribution < 1.29 is 23.5 Å². The maximum Gasteiger partial charge on any atom is 0.232 e. The second-order valence-corrected chi connectivity index (χ2v) is 8.26. The molecule has 176 valence electrons. The average molecular weight is 455 g/mol. The van der Waals surface area contributed by atoms with E-state index in [0.717, 1.165) is 16.8 Å². The lowest BCUT2D eigenvalue weighted by atomic mass is 9.96. The number of hydrogen-bond donors (Lipinski definition) is 1. The minimum Gasteiger partial charge on any atom is -0.496 e. The van der Waals surface area contributed by atoms with Crippen molar-refractivity contribution >= 4 is 28.2 Å². The molecule has 0 unspecified atom stereocenters. The van der Waals surface area contributed by atoms with E-state index in [9.17, 15) is 4.79 Å². The third kappa shape index (κ3) is 4.14. The molecule has 0 saturated carbocycles. The molecule has 1 aromatic carbocycles. The molecular weight excluding hydrogens is 424 g/mol. The van der Waals surface area contributed by atoms with Crippen molar-refractivity contribution in [1.29, 1.82) is 0 Å². The van der Waals surface area contributed by atoms with Gasteiger partial charge in [-0.2, -0.15) is 0 Å². The SMILES string of the molecule is COc1cc2c(N(C(=O)C3CCOCC3)[C@H](C)OC)c(N)cnc2cc1-c1c(C)noc1C. The number of carbonyl (C=O) groups excluding carboxylic acids is 1. The van der Waals surface area contributed by atoms with Crippen LogP contribution in [0.25, 0.3) is 22.0 Å². The van der Waals surface area contributed by atoms with Crippen molar-refractivity contribution in [3.05, 3.63) is 29.8 Å². The number of pyridine rings is 1. The Balaban J connectivity index is 1.92. The van der Waals surface area contributed by atoms with Gasteiger partial charge in [-0.1, -0.05) is 5.16 Å². The molecule has 1 saturated heterocycles. The van der Waals surface area contributed by atoms with Crippen LogP contribution < -0.4 is 15.4 Å². The van der Waals surface area contributed by atoms with E-state index in [-0.39, 0.29) is 11.8 Å². The molecule has 2 N–H and O–H groups in total. The Morgan fingerprint density at radius 3 is 2.58 bits per heavy atom. The van der Waals surface area contributed by atoms with Crippen molar-refractivity contribution in [3.63, 3.8) is 0 Å². The normalized spacial score (nSPS) is 15.5. The molecule has 9 nitrogen and oxygen atoms in total. The summed E-state index contributed by atoms with van der Waals surface area (Å²) in [5, 5.41) is 4.77. The molecule has 1 fully saturated rings. The van der Waals surface area contributed by atoms with E-state index in [4.69, 9.17) is 24.5 Å². The van der Waals surface area contributed by atoms with Crippen LogP contribution in [0.5, 0.6) is 5.75 Å². The summed E-state index contributed by atoms with van der Waals surface area (Å²) in [7, 11) is 3.18. The van der Waals surface area contributed by atoms with Gasteiger partial charge in [-0.3, -0.25) is 14.7 Å². The highest BCUT2D eigenvalue weighted by Crippen LogP contribution is 2.42. The van der Waals surface area contributed by atoms with E-state index in [2.05, 4.69) is 10.1 Å². The summed E-state index contributed by atoms with van der Waals surface area (Å²) in [6.45, 7) is 6.69. The minimum atomic E-state index is -0.526. The number of fused-ring (bicyclic) bond motifs is 1. The Kier molecular flexibility index (Phi) is 6.53. The lowest BCUT2D eigenvalue weighted by Gasteiger charge is -2.34.